The summed E-state index contributed by atoms with van der Waals surface area (Å²) in [5.74, 6) is 2.24. The molecule has 2 aliphatic rings. The highest BCUT2D eigenvalue weighted by atomic mass is 14.4. The molecule has 2 nitrogen and oxygen atoms in total. The second-order valence-corrected chi connectivity index (χ2v) is 5.24. The van der Waals surface area contributed by atoms with E-state index in [1.54, 1.807) is 32.1 Å². The van der Waals surface area contributed by atoms with E-state index in [-0.39, 0.29) is 0 Å². The van der Waals surface area contributed by atoms with Gasteiger partial charge in [0.2, 0.25) is 0 Å². The van der Waals surface area contributed by atoms with Crippen molar-refractivity contribution >= 4 is 0 Å². The van der Waals surface area contributed by atoms with Crippen molar-refractivity contribution < 1.29 is 0 Å². The summed E-state index contributed by atoms with van der Waals surface area (Å²) in [6.07, 6.45) is 16.9. The van der Waals surface area contributed by atoms with Gasteiger partial charge in [-0.1, -0.05) is 64.2 Å². The molecule has 2 heteroatoms. The van der Waals surface area contributed by atoms with Crippen LogP contribution >= 0.6 is 0 Å². The topological polar surface area (TPSA) is 52.0 Å². The van der Waals surface area contributed by atoms with Crippen molar-refractivity contribution in [2.45, 2.75) is 70.6 Å². The van der Waals surface area contributed by atoms with Crippen molar-refractivity contribution in [3.05, 3.63) is 0 Å². The summed E-state index contributed by atoms with van der Waals surface area (Å²) in [5, 5.41) is 0. The molecule has 2 rings (SSSR count). The van der Waals surface area contributed by atoms with E-state index >= 15 is 0 Å². The molecule has 0 atom stereocenters. The van der Waals surface area contributed by atoms with E-state index in [0.717, 1.165) is 11.8 Å². The van der Waals surface area contributed by atoms with Gasteiger partial charge >= 0.3 is 0 Å². The Bertz CT molecular complexity index is 120. The summed E-state index contributed by atoms with van der Waals surface area (Å²) in [6, 6.07) is 0. The molecule has 0 amide bonds. The summed E-state index contributed by atoms with van der Waals surface area (Å²) in [6.45, 7) is 0. The quantitative estimate of drug-likeness (QED) is 0.776. The lowest BCUT2D eigenvalue weighted by Crippen LogP contribution is -2.14. The van der Waals surface area contributed by atoms with Crippen molar-refractivity contribution in [1.29, 1.82) is 0 Å². The average Bonchev–Trinajstić information content (AvgIpc) is 2.45. The minimum Gasteiger partial charge on any atom is -0.333 e. The van der Waals surface area contributed by atoms with Crippen molar-refractivity contribution in [3.8, 4) is 0 Å². The minimum absolute atomic E-state index is 1.12. The van der Waals surface area contributed by atoms with E-state index in [0.29, 0.717) is 0 Å². The Kier molecular flexibility index (Phi) is 12.3. The maximum atomic E-state index is 4.50. The lowest BCUT2D eigenvalue weighted by molar-refractivity contribution is 0.244. The highest BCUT2D eigenvalue weighted by molar-refractivity contribution is 4.73. The van der Waals surface area contributed by atoms with Gasteiger partial charge in [0.25, 0.3) is 0 Å². The van der Waals surface area contributed by atoms with Crippen molar-refractivity contribution in [2.24, 2.45) is 23.3 Å². The van der Waals surface area contributed by atoms with Crippen LogP contribution in [-0.4, -0.2) is 14.1 Å². The molecule has 2 fully saturated rings. The molecule has 2 aliphatic carbocycles. The number of hydrogen-bond donors (Lipinski definition) is 2. The first-order valence-electron chi connectivity index (χ1n) is 7.60. The second-order valence-electron chi connectivity index (χ2n) is 5.24. The van der Waals surface area contributed by atoms with Crippen LogP contribution < -0.4 is 11.5 Å². The van der Waals surface area contributed by atoms with Crippen LogP contribution in [0, 0.1) is 11.8 Å². The van der Waals surface area contributed by atoms with E-state index in [2.05, 4.69) is 11.5 Å². The smallest absolute Gasteiger partial charge is 0.0195 e. The maximum absolute atomic E-state index is 4.50. The fourth-order valence-corrected chi connectivity index (χ4v) is 3.32. The Morgan fingerprint density at radius 3 is 1.18 bits per heavy atom. The normalized spacial score (nSPS) is 21.9. The Morgan fingerprint density at radius 2 is 0.882 bits per heavy atom. The zero-order valence-corrected chi connectivity index (χ0v) is 12.1. The van der Waals surface area contributed by atoms with E-state index in [4.69, 9.17) is 0 Å². The third kappa shape index (κ3) is 7.77. The second kappa shape index (κ2) is 12.4. The molecule has 0 aromatic carbocycles. The van der Waals surface area contributed by atoms with Crippen molar-refractivity contribution in [2.75, 3.05) is 14.1 Å². The molecule has 0 saturated heterocycles. The molecule has 0 radical (unpaired) electrons. The standard InChI is InChI=1S/C13H24.2CH5N/c1-3-7-12(8-4-1)11-13-9-5-2-6-10-13;2*1-2/h12-13H,1-11H2;2*2H2,1H3. The summed E-state index contributed by atoms with van der Waals surface area (Å²) < 4.78 is 0. The van der Waals surface area contributed by atoms with E-state index in [1.165, 1.54) is 52.6 Å². The number of hydrogen-bond acceptors (Lipinski definition) is 2. The van der Waals surface area contributed by atoms with E-state index < -0.39 is 0 Å². The molecule has 17 heavy (non-hydrogen) atoms. The van der Waals surface area contributed by atoms with Gasteiger partial charge in [0.15, 0.2) is 0 Å². The fraction of sp³-hybridized carbons (Fsp3) is 1.00. The summed E-state index contributed by atoms with van der Waals surface area (Å²) in [7, 11) is 3.00. The van der Waals surface area contributed by atoms with Gasteiger partial charge in [-0.3, -0.25) is 0 Å². The summed E-state index contributed by atoms with van der Waals surface area (Å²) >= 11 is 0. The van der Waals surface area contributed by atoms with Gasteiger partial charge in [-0.2, -0.15) is 0 Å². The SMILES string of the molecule is C1CCC(CC2CCCCC2)CC1.CN.CN. The Morgan fingerprint density at radius 1 is 0.588 bits per heavy atom. The molecule has 0 unspecified atom stereocenters. The molecule has 0 bridgehead atoms. The van der Waals surface area contributed by atoms with Gasteiger partial charge in [0, 0.05) is 0 Å². The number of nitrogens with two attached hydrogens (primary N) is 2. The molecule has 104 valence electrons. The van der Waals surface area contributed by atoms with E-state index in [1.807, 2.05) is 0 Å². The van der Waals surface area contributed by atoms with Gasteiger partial charge in [0.1, 0.15) is 0 Å². The van der Waals surface area contributed by atoms with Crippen LogP contribution in [0.4, 0.5) is 0 Å². The van der Waals surface area contributed by atoms with Crippen molar-refractivity contribution in [3.63, 3.8) is 0 Å². The summed E-state index contributed by atoms with van der Waals surface area (Å²) in [4.78, 5) is 0. The highest BCUT2D eigenvalue weighted by Crippen LogP contribution is 2.34. The average molecular weight is 242 g/mol. The lowest BCUT2D eigenvalue weighted by Gasteiger charge is -2.28. The van der Waals surface area contributed by atoms with Crippen LogP contribution in [-0.2, 0) is 0 Å². The van der Waals surface area contributed by atoms with Crippen LogP contribution in [0.1, 0.15) is 70.6 Å². The van der Waals surface area contributed by atoms with Crippen LogP contribution in [0.2, 0.25) is 0 Å². The predicted octanol–water partition coefficient (Wildman–Crippen LogP) is 3.69. The first-order chi connectivity index (χ1) is 8.45. The van der Waals surface area contributed by atoms with Gasteiger partial charge < -0.3 is 11.5 Å². The van der Waals surface area contributed by atoms with Gasteiger partial charge in [-0.15, -0.1) is 0 Å². The third-order valence-electron chi connectivity index (χ3n) is 4.12. The molecule has 4 N–H and O–H groups in total. The van der Waals surface area contributed by atoms with Crippen LogP contribution in [0.3, 0.4) is 0 Å². The molecule has 0 aromatic rings. The lowest BCUT2D eigenvalue weighted by atomic mass is 9.78. The molecule has 0 spiro atoms. The van der Waals surface area contributed by atoms with Gasteiger partial charge in [-0.25, -0.2) is 0 Å². The molecule has 0 heterocycles. The first-order valence-corrected chi connectivity index (χ1v) is 7.60. The Labute approximate surface area is 109 Å². The monoisotopic (exact) mass is 242 g/mol. The molecule has 2 saturated carbocycles. The predicted molar refractivity (Wildman–Crippen MR) is 78.0 cm³/mol. The fourth-order valence-electron chi connectivity index (χ4n) is 3.32. The van der Waals surface area contributed by atoms with Crippen LogP contribution in [0.25, 0.3) is 0 Å². The highest BCUT2D eigenvalue weighted by Gasteiger charge is 2.20. The molecule has 0 aliphatic heterocycles. The van der Waals surface area contributed by atoms with Gasteiger partial charge in [0.05, 0.1) is 0 Å². The molecule has 0 aromatic heterocycles. The Hall–Kier alpha value is -0.0800. The zero-order valence-electron chi connectivity index (χ0n) is 12.1. The minimum atomic E-state index is 1.12. The Balaban J connectivity index is 0.000000581. The van der Waals surface area contributed by atoms with Crippen LogP contribution in [0.15, 0.2) is 0 Å². The zero-order chi connectivity index (χ0) is 12.9. The van der Waals surface area contributed by atoms with Gasteiger partial charge in [-0.05, 0) is 32.4 Å². The first kappa shape index (κ1) is 16.9. The van der Waals surface area contributed by atoms with E-state index in [9.17, 15) is 0 Å². The maximum Gasteiger partial charge on any atom is -0.0195 e. The molecular formula is C15H34N2. The summed E-state index contributed by atoms with van der Waals surface area (Å²) in [5.41, 5.74) is 9.00. The largest absolute Gasteiger partial charge is 0.333 e. The number of rotatable bonds is 2. The third-order valence-corrected chi connectivity index (χ3v) is 4.12. The molecular weight excluding hydrogens is 208 g/mol. The van der Waals surface area contributed by atoms with Crippen molar-refractivity contribution in [1.82, 2.24) is 0 Å². The van der Waals surface area contributed by atoms with Crippen LogP contribution in [0.5, 0.6) is 0 Å².